The fourth-order valence-electron chi connectivity index (χ4n) is 2.14. The predicted molar refractivity (Wildman–Crippen MR) is 58.6 cm³/mol. The maximum Gasteiger partial charge on any atom is 0.270 e. The molecule has 0 radical (unpaired) electrons. The molecule has 3 N–H and O–H groups in total. The van der Waals surface area contributed by atoms with Gasteiger partial charge in [-0.1, -0.05) is 0 Å². The molecule has 1 unspecified atom stereocenters. The van der Waals surface area contributed by atoms with Crippen LogP contribution in [-0.4, -0.2) is 41.6 Å². The lowest BCUT2D eigenvalue weighted by Crippen LogP contribution is -2.45. The number of nitrogens with two attached hydrogens (primary N) is 1. The molecule has 2 rings (SSSR count). The third kappa shape index (κ3) is 2.06. The number of nitrogens with zero attached hydrogens (tertiary/aromatic N) is 2. The number of rotatable bonds is 2. The van der Waals surface area contributed by atoms with Crippen LogP contribution in [0.4, 0.5) is 0 Å². The van der Waals surface area contributed by atoms with Crippen LogP contribution in [0.15, 0.2) is 5.10 Å². The zero-order valence-electron chi connectivity index (χ0n) is 9.11. The lowest BCUT2D eigenvalue weighted by atomic mass is 10.1. The number of hydrazone groups is 1. The zero-order valence-corrected chi connectivity index (χ0v) is 9.11. The molecule has 0 saturated carbocycles. The fraction of sp³-hybridized carbons (Fsp3) is 0.700. The van der Waals surface area contributed by atoms with Gasteiger partial charge in [-0.05, 0) is 12.8 Å². The Morgan fingerprint density at radius 2 is 2.38 bits per heavy atom. The maximum absolute atomic E-state index is 12.1. The average Bonchev–Trinajstić information content (AvgIpc) is 2.77. The fourth-order valence-corrected chi connectivity index (χ4v) is 2.14. The predicted octanol–water partition coefficient (Wildman–Crippen LogP) is -0.798. The molecule has 0 aromatic carbocycles. The molecule has 2 amide bonds. The van der Waals surface area contributed by atoms with Crippen LogP contribution in [0.2, 0.25) is 0 Å². The number of hydrogen-bond acceptors (Lipinski definition) is 4. The maximum atomic E-state index is 12.1. The summed E-state index contributed by atoms with van der Waals surface area (Å²) in [6.07, 6.45) is 2.72. The van der Waals surface area contributed by atoms with Crippen molar-refractivity contribution in [3.8, 4) is 0 Å². The molecule has 0 bridgehead atoms. The van der Waals surface area contributed by atoms with Gasteiger partial charge in [-0.3, -0.25) is 9.59 Å². The van der Waals surface area contributed by atoms with Gasteiger partial charge in [0.05, 0.1) is 0 Å². The molecule has 1 saturated heterocycles. The Bertz CT molecular complexity index is 340. The molecule has 1 atom stereocenters. The highest BCUT2D eigenvalue weighted by molar-refractivity contribution is 6.39. The summed E-state index contributed by atoms with van der Waals surface area (Å²) in [6.45, 7) is 1.24. The first-order chi connectivity index (χ1) is 7.72. The third-order valence-corrected chi connectivity index (χ3v) is 3.06. The minimum absolute atomic E-state index is 0.0760. The van der Waals surface area contributed by atoms with Gasteiger partial charge in [0.2, 0.25) is 5.91 Å². The first-order valence-electron chi connectivity index (χ1n) is 5.59. The van der Waals surface area contributed by atoms with Crippen LogP contribution < -0.4 is 11.2 Å². The topological polar surface area (TPSA) is 87.8 Å². The normalized spacial score (nSPS) is 25.3. The molecular formula is C10H16N4O2. The van der Waals surface area contributed by atoms with E-state index in [4.69, 9.17) is 5.73 Å². The van der Waals surface area contributed by atoms with E-state index in [0.29, 0.717) is 25.1 Å². The van der Waals surface area contributed by atoms with E-state index in [1.807, 2.05) is 0 Å². The van der Waals surface area contributed by atoms with E-state index in [-0.39, 0.29) is 17.9 Å². The standard InChI is InChI=1S/C10H16N4O2/c11-6-7-2-1-5-14(7)10(16)8-3-4-9(15)13-12-8/h7H,1-6,11H2,(H,13,15). The Labute approximate surface area is 93.9 Å². The van der Waals surface area contributed by atoms with Crippen molar-refractivity contribution in [2.45, 2.75) is 31.7 Å². The number of hydrogen-bond donors (Lipinski definition) is 2. The molecule has 2 aliphatic heterocycles. The summed E-state index contributed by atoms with van der Waals surface area (Å²) < 4.78 is 0. The quantitative estimate of drug-likeness (QED) is 0.643. The van der Waals surface area contributed by atoms with Crippen molar-refractivity contribution >= 4 is 17.5 Å². The van der Waals surface area contributed by atoms with Crippen molar-refractivity contribution in [3.05, 3.63) is 0 Å². The van der Waals surface area contributed by atoms with Gasteiger partial charge < -0.3 is 10.6 Å². The van der Waals surface area contributed by atoms with E-state index in [9.17, 15) is 9.59 Å². The molecule has 0 spiro atoms. The molecule has 6 heteroatoms. The van der Waals surface area contributed by atoms with Crippen LogP contribution in [-0.2, 0) is 9.59 Å². The molecule has 0 aliphatic carbocycles. The second kappa shape index (κ2) is 4.61. The summed E-state index contributed by atoms with van der Waals surface area (Å²) in [7, 11) is 0. The average molecular weight is 224 g/mol. The van der Waals surface area contributed by atoms with Crippen molar-refractivity contribution in [2.24, 2.45) is 10.8 Å². The van der Waals surface area contributed by atoms with Crippen molar-refractivity contribution in [2.75, 3.05) is 13.1 Å². The Balaban J connectivity index is 2.04. The SMILES string of the molecule is NCC1CCCN1C(=O)C1=NNC(=O)CC1. The zero-order chi connectivity index (χ0) is 11.5. The van der Waals surface area contributed by atoms with Crippen molar-refractivity contribution in [3.63, 3.8) is 0 Å². The van der Waals surface area contributed by atoms with Gasteiger partial charge in [0.15, 0.2) is 0 Å². The first kappa shape index (κ1) is 11.1. The van der Waals surface area contributed by atoms with E-state index in [1.54, 1.807) is 4.90 Å². The molecule has 0 aromatic rings. The first-order valence-corrected chi connectivity index (χ1v) is 5.59. The van der Waals surface area contributed by atoms with Crippen molar-refractivity contribution < 1.29 is 9.59 Å². The summed E-state index contributed by atoms with van der Waals surface area (Å²) in [5.41, 5.74) is 8.39. The van der Waals surface area contributed by atoms with E-state index in [0.717, 1.165) is 19.4 Å². The molecular weight excluding hydrogens is 208 g/mol. The van der Waals surface area contributed by atoms with Gasteiger partial charge in [-0.2, -0.15) is 5.10 Å². The molecule has 6 nitrogen and oxygen atoms in total. The highest BCUT2D eigenvalue weighted by atomic mass is 16.2. The van der Waals surface area contributed by atoms with Crippen LogP contribution in [0, 0.1) is 0 Å². The van der Waals surface area contributed by atoms with Crippen molar-refractivity contribution in [1.82, 2.24) is 10.3 Å². The molecule has 2 aliphatic rings. The van der Waals surface area contributed by atoms with E-state index >= 15 is 0 Å². The summed E-state index contributed by atoms with van der Waals surface area (Å²) >= 11 is 0. The molecule has 16 heavy (non-hydrogen) atoms. The summed E-state index contributed by atoms with van der Waals surface area (Å²) in [5.74, 6) is -0.207. The summed E-state index contributed by atoms with van der Waals surface area (Å²) in [5, 5.41) is 3.81. The molecule has 2 heterocycles. The summed E-state index contributed by atoms with van der Waals surface area (Å²) in [6, 6.07) is 0.132. The van der Waals surface area contributed by atoms with Gasteiger partial charge in [0.25, 0.3) is 5.91 Å². The van der Waals surface area contributed by atoms with Gasteiger partial charge in [-0.25, -0.2) is 5.43 Å². The van der Waals surface area contributed by atoms with Crippen LogP contribution in [0.25, 0.3) is 0 Å². The number of amides is 2. The summed E-state index contributed by atoms with van der Waals surface area (Å²) in [4.78, 5) is 24.7. The third-order valence-electron chi connectivity index (χ3n) is 3.06. The van der Waals surface area contributed by atoms with E-state index in [1.165, 1.54) is 0 Å². The lowest BCUT2D eigenvalue weighted by Gasteiger charge is -2.24. The van der Waals surface area contributed by atoms with Crippen LogP contribution in [0.5, 0.6) is 0 Å². The van der Waals surface area contributed by atoms with Gasteiger partial charge in [0.1, 0.15) is 5.71 Å². The van der Waals surface area contributed by atoms with Crippen LogP contribution in [0.3, 0.4) is 0 Å². The Morgan fingerprint density at radius 3 is 3.00 bits per heavy atom. The minimum atomic E-state index is -0.131. The number of carbonyl (C=O) groups excluding carboxylic acids is 2. The molecule has 1 fully saturated rings. The van der Waals surface area contributed by atoms with E-state index in [2.05, 4.69) is 10.5 Å². The van der Waals surface area contributed by atoms with Gasteiger partial charge in [0, 0.05) is 32.0 Å². The largest absolute Gasteiger partial charge is 0.333 e. The number of carbonyl (C=O) groups is 2. The van der Waals surface area contributed by atoms with E-state index < -0.39 is 0 Å². The van der Waals surface area contributed by atoms with Gasteiger partial charge >= 0.3 is 0 Å². The Kier molecular flexibility index (Phi) is 3.19. The smallest absolute Gasteiger partial charge is 0.270 e. The van der Waals surface area contributed by atoms with Crippen LogP contribution >= 0.6 is 0 Å². The number of likely N-dealkylation sites (tertiary alicyclic amines) is 1. The Hall–Kier alpha value is -1.43. The molecule has 88 valence electrons. The van der Waals surface area contributed by atoms with Gasteiger partial charge in [-0.15, -0.1) is 0 Å². The van der Waals surface area contributed by atoms with Crippen molar-refractivity contribution in [1.29, 1.82) is 0 Å². The Morgan fingerprint density at radius 1 is 1.56 bits per heavy atom. The van der Waals surface area contributed by atoms with Crippen LogP contribution in [0.1, 0.15) is 25.7 Å². The number of nitrogens with one attached hydrogen (secondary N) is 1. The minimum Gasteiger partial charge on any atom is -0.333 e. The lowest BCUT2D eigenvalue weighted by molar-refractivity contribution is -0.125. The second-order valence-corrected chi connectivity index (χ2v) is 4.12. The highest BCUT2D eigenvalue weighted by Gasteiger charge is 2.31. The monoisotopic (exact) mass is 224 g/mol. The second-order valence-electron chi connectivity index (χ2n) is 4.12. The molecule has 0 aromatic heterocycles. The highest BCUT2D eigenvalue weighted by Crippen LogP contribution is 2.17.